The number of thioether (sulfide) groups is 1. The Labute approximate surface area is 180 Å². The Bertz CT molecular complexity index is 463. The fourth-order valence-corrected chi connectivity index (χ4v) is 4.63. The van der Waals surface area contributed by atoms with E-state index in [0.29, 0.717) is 6.04 Å². The number of likely N-dealkylation sites (N-methyl/N-ethyl adjacent to an activating group) is 1. The molecule has 1 saturated carbocycles. The highest BCUT2D eigenvalue weighted by atomic mass is 127. The van der Waals surface area contributed by atoms with Gasteiger partial charge in [-0.1, -0.05) is 0 Å². The van der Waals surface area contributed by atoms with Gasteiger partial charge in [0.2, 0.25) is 5.91 Å². The van der Waals surface area contributed by atoms with Crippen molar-refractivity contribution >= 4 is 47.6 Å². The fourth-order valence-electron chi connectivity index (χ4n) is 3.83. The van der Waals surface area contributed by atoms with E-state index < -0.39 is 0 Å². The zero-order valence-corrected chi connectivity index (χ0v) is 19.8. The van der Waals surface area contributed by atoms with Gasteiger partial charge in [-0.05, 0) is 51.3 Å². The first-order chi connectivity index (χ1) is 12.0. The Kier molecular flexibility index (Phi) is 11.2. The van der Waals surface area contributed by atoms with Gasteiger partial charge in [0.1, 0.15) is 0 Å². The maximum Gasteiger partial charge on any atom is 0.239 e. The number of likely N-dealkylation sites (tertiary alicyclic amines) is 1. The first-order valence-electron chi connectivity index (χ1n) is 9.50. The van der Waals surface area contributed by atoms with Gasteiger partial charge in [-0.2, -0.15) is 11.8 Å². The maximum atomic E-state index is 12.2. The summed E-state index contributed by atoms with van der Waals surface area (Å²) in [6.45, 7) is 2.89. The topological polar surface area (TPSA) is 60.0 Å². The van der Waals surface area contributed by atoms with Crippen LogP contribution in [0.2, 0.25) is 0 Å². The number of rotatable bonds is 7. The predicted molar refractivity (Wildman–Crippen MR) is 123 cm³/mol. The first kappa shape index (κ1) is 23.8. The third-order valence-electron chi connectivity index (χ3n) is 5.29. The molecular weight excluding hydrogens is 461 g/mol. The highest BCUT2D eigenvalue weighted by Crippen LogP contribution is 2.28. The molecule has 1 amide bonds. The van der Waals surface area contributed by atoms with Gasteiger partial charge in [-0.3, -0.25) is 14.7 Å². The number of nitrogens with zero attached hydrogens (tertiary/aromatic N) is 3. The van der Waals surface area contributed by atoms with Crippen LogP contribution in [0, 0.1) is 0 Å². The van der Waals surface area contributed by atoms with Crippen molar-refractivity contribution in [2.45, 2.75) is 55.9 Å². The van der Waals surface area contributed by atoms with E-state index in [9.17, 15) is 4.79 Å². The molecule has 2 N–H and O–H groups in total. The molecule has 2 rings (SSSR count). The lowest BCUT2D eigenvalue weighted by Gasteiger charge is -2.26. The fraction of sp³-hybridized carbons (Fsp3) is 0.889. The number of aliphatic imine (C=N–C) groups is 1. The molecule has 2 aliphatic rings. The monoisotopic (exact) mass is 497 g/mol. The van der Waals surface area contributed by atoms with Gasteiger partial charge < -0.3 is 15.5 Å². The van der Waals surface area contributed by atoms with E-state index in [0.717, 1.165) is 50.1 Å². The van der Waals surface area contributed by atoms with Gasteiger partial charge in [-0.15, -0.1) is 24.0 Å². The van der Waals surface area contributed by atoms with Crippen LogP contribution in [0.25, 0.3) is 0 Å². The maximum absolute atomic E-state index is 12.2. The van der Waals surface area contributed by atoms with E-state index in [1.165, 1.54) is 19.3 Å². The Balaban J connectivity index is 0.00000338. The Morgan fingerprint density at radius 1 is 1.31 bits per heavy atom. The number of guanidine groups is 1. The minimum absolute atomic E-state index is 0. The van der Waals surface area contributed by atoms with Crippen molar-refractivity contribution in [2.24, 2.45) is 4.99 Å². The number of halogens is 1. The molecule has 152 valence electrons. The number of carbonyl (C=O) groups is 1. The van der Waals surface area contributed by atoms with E-state index in [4.69, 9.17) is 0 Å². The number of hydrogen-bond donors (Lipinski definition) is 2. The standard InChI is InChI=1S/C18H35N5OS.HI/c1-19-18(21-14-8-9-15(13-14)25-4)20-10-6-12-23-11-5-7-16(23)17(24)22(2)3;/h14-16H,5-13H2,1-4H3,(H2,19,20,21);1H. The van der Waals surface area contributed by atoms with E-state index in [1.54, 1.807) is 4.90 Å². The molecule has 26 heavy (non-hydrogen) atoms. The van der Waals surface area contributed by atoms with Crippen LogP contribution in [0.5, 0.6) is 0 Å². The van der Waals surface area contributed by atoms with E-state index >= 15 is 0 Å². The van der Waals surface area contributed by atoms with Crippen LogP contribution in [0.1, 0.15) is 38.5 Å². The first-order valence-corrected chi connectivity index (χ1v) is 10.8. The van der Waals surface area contributed by atoms with Crippen LogP contribution >= 0.6 is 35.7 Å². The molecule has 0 bridgehead atoms. The van der Waals surface area contributed by atoms with Crippen molar-refractivity contribution in [1.29, 1.82) is 0 Å². The highest BCUT2D eigenvalue weighted by Gasteiger charge is 2.31. The molecule has 1 aliphatic carbocycles. The number of carbonyl (C=O) groups excluding carboxylic acids is 1. The van der Waals surface area contributed by atoms with Gasteiger partial charge >= 0.3 is 0 Å². The molecule has 3 unspecified atom stereocenters. The average molecular weight is 497 g/mol. The van der Waals surface area contributed by atoms with Crippen molar-refractivity contribution in [2.75, 3.05) is 47.0 Å². The molecule has 0 spiro atoms. The summed E-state index contributed by atoms with van der Waals surface area (Å²) >= 11 is 1.97. The van der Waals surface area contributed by atoms with Crippen molar-refractivity contribution in [3.63, 3.8) is 0 Å². The van der Waals surface area contributed by atoms with Gasteiger partial charge in [0.25, 0.3) is 0 Å². The van der Waals surface area contributed by atoms with E-state index in [2.05, 4.69) is 26.8 Å². The van der Waals surface area contributed by atoms with Crippen LogP contribution in [-0.2, 0) is 4.79 Å². The van der Waals surface area contributed by atoms with E-state index in [1.807, 2.05) is 32.9 Å². The van der Waals surface area contributed by atoms with Crippen molar-refractivity contribution in [1.82, 2.24) is 20.4 Å². The SMILES string of the molecule is CN=C(NCCCN1CCCC1C(=O)N(C)C)NC1CCC(SC)C1.I. The molecule has 0 aromatic rings. The minimum Gasteiger partial charge on any atom is -0.356 e. The van der Waals surface area contributed by atoms with Crippen molar-refractivity contribution < 1.29 is 4.79 Å². The summed E-state index contributed by atoms with van der Waals surface area (Å²) in [5.41, 5.74) is 0. The van der Waals surface area contributed by atoms with Crippen LogP contribution < -0.4 is 10.6 Å². The molecule has 0 radical (unpaired) electrons. The van der Waals surface area contributed by atoms with Crippen LogP contribution in [0.4, 0.5) is 0 Å². The lowest BCUT2D eigenvalue weighted by Crippen LogP contribution is -2.45. The lowest BCUT2D eigenvalue weighted by molar-refractivity contribution is -0.133. The van der Waals surface area contributed by atoms with Gasteiger partial charge in [0.15, 0.2) is 5.96 Å². The highest BCUT2D eigenvalue weighted by molar-refractivity contribution is 14.0. The molecule has 0 aromatic carbocycles. The zero-order chi connectivity index (χ0) is 18.2. The van der Waals surface area contributed by atoms with Crippen LogP contribution in [-0.4, -0.2) is 86.0 Å². The molecule has 8 heteroatoms. The molecule has 1 heterocycles. The van der Waals surface area contributed by atoms with Gasteiger partial charge in [-0.25, -0.2) is 0 Å². The zero-order valence-electron chi connectivity index (χ0n) is 16.7. The number of nitrogens with one attached hydrogen (secondary N) is 2. The van der Waals surface area contributed by atoms with Crippen LogP contribution in [0.15, 0.2) is 4.99 Å². The van der Waals surface area contributed by atoms with Crippen LogP contribution in [0.3, 0.4) is 0 Å². The third-order valence-corrected chi connectivity index (χ3v) is 6.38. The summed E-state index contributed by atoms with van der Waals surface area (Å²) in [6.07, 6.45) is 9.10. The quantitative estimate of drug-likeness (QED) is 0.244. The Morgan fingerprint density at radius 3 is 2.69 bits per heavy atom. The summed E-state index contributed by atoms with van der Waals surface area (Å²) in [6, 6.07) is 0.624. The summed E-state index contributed by atoms with van der Waals surface area (Å²) in [5, 5.41) is 7.77. The Hall–Kier alpha value is -0.220. The average Bonchev–Trinajstić information content (AvgIpc) is 3.25. The summed E-state index contributed by atoms with van der Waals surface area (Å²) in [4.78, 5) is 20.6. The number of hydrogen-bond acceptors (Lipinski definition) is 4. The lowest BCUT2D eigenvalue weighted by atomic mass is 10.2. The van der Waals surface area contributed by atoms with E-state index in [-0.39, 0.29) is 35.9 Å². The molecule has 1 saturated heterocycles. The number of amides is 1. The predicted octanol–water partition coefficient (Wildman–Crippen LogP) is 2.00. The second-order valence-electron chi connectivity index (χ2n) is 7.29. The second kappa shape index (κ2) is 12.3. The molecule has 2 fully saturated rings. The summed E-state index contributed by atoms with van der Waals surface area (Å²) in [7, 11) is 5.53. The molecule has 3 atom stereocenters. The largest absolute Gasteiger partial charge is 0.356 e. The van der Waals surface area contributed by atoms with Crippen molar-refractivity contribution in [3.8, 4) is 0 Å². The minimum atomic E-state index is 0. The van der Waals surface area contributed by atoms with Gasteiger partial charge in [0, 0.05) is 45.5 Å². The molecular formula is C18H36IN5OS. The third kappa shape index (κ3) is 7.07. The Morgan fingerprint density at radius 2 is 2.08 bits per heavy atom. The second-order valence-corrected chi connectivity index (χ2v) is 8.43. The molecule has 1 aliphatic heterocycles. The summed E-state index contributed by atoms with van der Waals surface area (Å²) < 4.78 is 0. The van der Waals surface area contributed by atoms with Gasteiger partial charge in [0.05, 0.1) is 6.04 Å². The smallest absolute Gasteiger partial charge is 0.239 e. The van der Waals surface area contributed by atoms with Crippen molar-refractivity contribution in [3.05, 3.63) is 0 Å². The molecule has 0 aromatic heterocycles. The molecule has 6 nitrogen and oxygen atoms in total. The summed E-state index contributed by atoms with van der Waals surface area (Å²) in [5.74, 6) is 1.15. The normalized spacial score (nSPS) is 26.5.